The summed E-state index contributed by atoms with van der Waals surface area (Å²) in [4.78, 5) is 26.1. The molecule has 6 nitrogen and oxygen atoms in total. The summed E-state index contributed by atoms with van der Waals surface area (Å²) in [7, 11) is 0. The Kier molecular flexibility index (Phi) is 6.81. The number of carboxylic acids is 1. The first-order valence-corrected chi connectivity index (χ1v) is 8.25. The number of rotatable bonds is 6. The van der Waals surface area contributed by atoms with Crippen LogP contribution in [0.5, 0.6) is 0 Å². The Balaban J connectivity index is 1.75. The van der Waals surface area contributed by atoms with Crippen LogP contribution in [0.3, 0.4) is 0 Å². The van der Waals surface area contributed by atoms with E-state index in [-0.39, 0.29) is 18.3 Å². The third kappa shape index (κ3) is 5.35. The van der Waals surface area contributed by atoms with E-state index in [9.17, 15) is 14.0 Å². The average molecular weight is 358 g/mol. The van der Waals surface area contributed by atoms with Crippen molar-refractivity contribution in [3.8, 4) is 0 Å². The number of carbonyl (C=O) groups excluding carboxylic acids is 1. The minimum Gasteiger partial charge on any atom is -0.481 e. The molecule has 0 unspecified atom stereocenters. The molecule has 1 saturated heterocycles. The monoisotopic (exact) mass is 357 g/mol. The molecule has 2 rings (SSSR count). The van der Waals surface area contributed by atoms with Crippen LogP contribution in [0.15, 0.2) is 18.2 Å². The van der Waals surface area contributed by atoms with Gasteiger partial charge in [0.2, 0.25) is 0 Å². The van der Waals surface area contributed by atoms with Crippen LogP contribution in [0.2, 0.25) is 5.02 Å². The zero-order chi connectivity index (χ0) is 17.5. The number of amides is 2. The summed E-state index contributed by atoms with van der Waals surface area (Å²) < 4.78 is 13.8. The second kappa shape index (κ2) is 8.84. The maximum Gasteiger partial charge on any atom is 0.317 e. The van der Waals surface area contributed by atoms with Gasteiger partial charge in [-0.25, -0.2) is 9.18 Å². The minimum atomic E-state index is -0.871. The molecule has 2 amide bonds. The van der Waals surface area contributed by atoms with Crippen molar-refractivity contribution >= 4 is 23.6 Å². The van der Waals surface area contributed by atoms with Crippen LogP contribution in [0.4, 0.5) is 9.18 Å². The van der Waals surface area contributed by atoms with Crippen LogP contribution >= 0.6 is 11.6 Å². The third-order valence-corrected chi connectivity index (χ3v) is 4.30. The number of hydrogen-bond acceptors (Lipinski definition) is 3. The maximum absolute atomic E-state index is 13.8. The van der Waals surface area contributed by atoms with E-state index in [0.717, 1.165) is 0 Å². The van der Waals surface area contributed by atoms with E-state index in [1.54, 1.807) is 17.0 Å². The Bertz CT molecular complexity index is 572. The Morgan fingerprint density at radius 1 is 1.25 bits per heavy atom. The van der Waals surface area contributed by atoms with Gasteiger partial charge in [0.05, 0.1) is 0 Å². The van der Waals surface area contributed by atoms with Crippen molar-refractivity contribution in [2.75, 3.05) is 32.7 Å². The Morgan fingerprint density at radius 2 is 1.96 bits per heavy atom. The van der Waals surface area contributed by atoms with E-state index in [2.05, 4.69) is 10.2 Å². The second-order valence-corrected chi connectivity index (χ2v) is 6.10. The van der Waals surface area contributed by atoms with Gasteiger partial charge in [0.1, 0.15) is 5.82 Å². The van der Waals surface area contributed by atoms with Gasteiger partial charge in [0.15, 0.2) is 0 Å². The first-order chi connectivity index (χ1) is 11.5. The molecule has 1 aromatic carbocycles. The standard InChI is InChI=1S/C16H21ClFN3O3/c17-13-3-1-4-14(18)12(13)11-20-7-9-21(10-8-20)16(24)19-6-2-5-15(22)23/h1,3-4H,2,5-11H2,(H,19,24)(H,22,23). The van der Waals surface area contributed by atoms with Crippen LogP contribution in [0.1, 0.15) is 18.4 Å². The lowest BCUT2D eigenvalue weighted by atomic mass is 10.2. The number of urea groups is 1. The van der Waals surface area contributed by atoms with Crippen molar-refractivity contribution in [2.45, 2.75) is 19.4 Å². The molecule has 0 aliphatic carbocycles. The number of benzene rings is 1. The maximum atomic E-state index is 13.8. The fourth-order valence-corrected chi connectivity index (χ4v) is 2.79. The summed E-state index contributed by atoms with van der Waals surface area (Å²) in [5, 5.41) is 11.7. The first kappa shape index (κ1) is 18.5. The SMILES string of the molecule is O=C(O)CCCNC(=O)N1CCN(Cc2c(F)cccc2Cl)CC1. The van der Waals surface area contributed by atoms with Gasteiger partial charge < -0.3 is 15.3 Å². The lowest BCUT2D eigenvalue weighted by Gasteiger charge is -2.34. The number of nitrogens with zero attached hydrogens (tertiary/aromatic N) is 2. The largest absolute Gasteiger partial charge is 0.481 e. The highest BCUT2D eigenvalue weighted by molar-refractivity contribution is 6.31. The molecule has 8 heteroatoms. The predicted molar refractivity (Wildman–Crippen MR) is 88.5 cm³/mol. The molecule has 0 aromatic heterocycles. The summed E-state index contributed by atoms with van der Waals surface area (Å²) in [5.74, 6) is -1.19. The number of halogens is 2. The van der Waals surface area contributed by atoms with Crippen molar-refractivity contribution in [3.05, 3.63) is 34.6 Å². The van der Waals surface area contributed by atoms with E-state index in [0.29, 0.717) is 56.3 Å². The van der Waals surface area contributed by atoms with Gasteiger partial charge in [-0.2, -0.15) is 0 Å². The molecule has 2 N–H and O–H groups in total. The number of nitrogens with one attached hydrogen (secondary N) is 1. The molecular formula is C16H21ClFN3O3. The predicted octanol–water partition coefficient (Wildman–Crippen LogP) is 2.17. The lowest BCUT2D eigenvalue weighted by Crippen LogP contribution is -2.51. The fourth-order valence-electron chi connectivity index (χ4n) is 2.56. The normalized spacial score (nSPS) is 15.3. The van der Waals surface area contributed by atoms with Crippen LogP contribution in [-0.4, -0.2) is 59.6 Å². The molecule has 0 atom stereocenters. The van der Waals surface area contributed by atoms with Gasteiger partial charge in [-0.15, -0.1) is 0 Å². The highest BCUT2D eigenvalue weighted by Crippen LogP contribution is 2.21. The molecule has 132 valence electrons. The van der Waals surface area contributed by atoms with Gasteiger partial charge in [0.25, 0.3) is 0 Å². The highest BCUT2D eigenvalue weighted by atomic mass is 35.5. The summed E-state index contributed by atoms with van der Waals surface area (Å²) in [6, 6.07) is 4.44. The van der Waals surface area contributed by atoms with Crippen molar-refractivity contribution in [3.63, 3.8) is 0 Å². The molecule has 1 heterocycles. The van der Waals surface area contributed by atoms with E-state index in [1.165, 1.54) is 6.07 Å². The van der Waals surface area contributed by atoms with Crippen molar-refractivity contribution < 1.29 is 19.1 Å². The zero-order valence-electron chi connectivity index (χ0n) is 13.3. The second-order valence-electron chi connectivity index (χ2n) is 5.69. The minimum absolute atomic E-state index is 0.0391. The fraction of sp³-hybridized carbons (Fsp3) is 0.500. The van der Waals surface area contributed by atoms with Crippen molar-refractivity contribution in [1.82, 2.24) is 15.1 Å². The van der Waals surface area contributed by atoms with E-state index in [4.69, 9.17) is 16.7 Å². The summed E-state index contributed by atoms with van der Waals surface area (Å²) in [5.41, 5.74) is 0.478. The van der Waals surface area contributed by atoms with Gasteiger partial charge in [-0.1, -0.05) is 17.7 Å². The Morgan fingerprint density at radius 3 is 2.58 bits per heavy atom. The van der Waals surface area contributed by atoms with Crippen LogP contribution in [-0.2, 0) is 11.3 Å². The van der Waals surface area contributed by atoms with Crippen LogP contribution < -0.4 is 5.32 Å². The topological polar surface area (TPSA) is 72.9 Å². The molecular weight excluding hydrogens is 337 g/mol. The number of carboxylic acid groups (broad SMARTS) is 1. The number of piperazine rings is 1. The lowest BCUT2D eigenvalue weighted by molar-refractivity contribution is -0.137. The van der Waals surface area contributed by atoms with Crippen LogP contribution in [0, 0.1) is 5.82 Å². The van der Waals surface area contributed by atoms with Gasteiger partial charge >= 0.3 is 12.0 Å². The molecule has 0 saturated carbocycles. The third-order valence-electron chi connectivity index (χ3n) is 3.95. The summed E-state index contributed by atoms with van der Waals surface area (Å²) in [6.07, 6.45) is 0.449. The van der Waals surface area contributed by atoms with E-state index < -0.39 is 5.97 Å². The average Bonchev–Trinajstić information content (AvgIpc) is 2.55. The van der Waals surface area contributed by atoms with E-state index >= 15 is 0 Å². The van der Waals surface area contributed by atoms with Gasteiger partial charge in [-0.05, 0) is 18.6 Å². The van der Waals surface area contributed by atoms with E-state index in [1.807, 2.05) is 0 Å². The molecule has 0 spiro atoms. The summed E-state index contributed by atoms with van der Waals surface area (Å²) >= 11 is 6.04. The molecule has 1 aromatic rings. The Hall–Kier alpha value is -1.86. The van der Waals surface area contributed by atoms with Gasteiger partial charge in [0, 0.05) is 56.3 Å². The highest BCUT2D eigenvalue weighted by Gasteiger charge is 2.22. The molecule has 24 heavy (non-hydrogen) atoms. The molecule has 1 aliphatic rings. The smallest absolute Gasteiger partial charge is 0.317 e. The Labute approximate surface area is 145 Å². The van der Waals surface area contributed by atoms with Crippen LogP contribution in [0.25, 0.3) is 0 Å². The molecule has 0 bridgehead atoms. The number of aliphatic carboxylic acids is 1. The van der Waals surface area contributed by atoms with Crippen molar-refractivity contribution in [1.29, 1.82) is 0 Å². The number of carbonyl (C=O) groups is 2. The van der Waals surface area contributed by atoms with Gasteiger partial charge in [-0.3, -0.25) is 9.69 Å². The molecule has 1 aliphatic heterocycles. The molecule has 1 fully saturated rings. The molecule has 0 radical (unpaired) electrons. The quantitative estimate of drug-likeness (QED) is 0.765. The number of hydrogen-bond donors (Lipinski definition) is 2. The zero-order valence-corrected chi connectivity index (χ0v) is 14.1. The first-order valence-electron chi connectivity index (χ1n) is 7.87. The van der Waals surface area contributed by atoms with Crippen molar-refractivity contribution in [2.24, 2.45) is 0 Å². The summed E-state index contributed by atoms with van der Waals surface area (Å²) in [6.45, 7) is 3.10.